The molecule has 2 rings (SSSR count). The SMILES string of the molecule is CC(CN)(NC(=O)c1ccccn1)C1CC1. The molecule has 1 fully saturated rings. The van der Waals surface area contributed by atoms with Crippen LogP contribution in [0.15, 0.2) is 24.4 Å². The average molecular weight is 219 g/mol. The summed E-state index contributed by atoms with van der Waals surface area (Å²) in [5, 5.41) is 2.99. The number of nitrogens with two attached hydrogens (primary N) is 1. The van der Waals surface area contributed by atoms with Crippen LogP contribution in [0.25, 0.3) is 0 Å². The standard InChI is InChI=1S/C12H17N3O/c1-12(8-13,9-5-6-9)15-11(16)10-4-2-3-7-14-10/h2-4,7,9H,5-6,8,13H2,1H3,(H,15,16). The largest absolute Gasteiger partial charge is 0.344 e. The zero-order valence-electron chi connectivity index (χ0n) is 9.44. The second-order valence-electron chi connectivity index (χ2n) is 4.56. The molecule has 1 aliphatic carbocycles. The Hall–Kier alpha value is -1.42. The number of hydrogen-bond donors (Lipinski definition) is 2. The number of carbonyl (C=O) groups is 1. The van der Waals surface area contributed by atoms with Gasteiger partial charge in [0, 0.05) is 12.7 Å². The van der Waals surface area contributed by atoms with Crippen molar-refractivity contribution >= 4 is 5.91 Å². The minimum atomic E-state index is -0.283. The summed E-state index contributed by atoms with van der Waals surface area (Å²) in [5.41, 5.74) is 5.90. The number of hydrogen-bond acceptors (Lipinski definition) is 3. The van der Waals surface area contributed by atoms with Crippen molar-refractivity contribution in [3.63, 3.8) is 0 Å². The van der Waals surface area contributed by atoms with Crippen LogP contribution in [0.2, 0.25) is 0 Å². The van der Waals surface area contributed by atoms with E-state index >= 15 is 0 Å². The molecule has 0 spiro atoms. The second kappa shape index (κ2) is 4.22. The zero-order chi connectivity index (χ0) is 11.6. The van der Waals surface area contributed by atoms with E-state index in [1.807, 2.05) is 6.92 Å². The highest BCUT2D eigenvalue weighted by Crippen LogP contribution is 2.39. The van der Waals surface area contributed by atoms with Crippen molar-refractivity contribution in [2.24, 2.45) is 11.7 Å². The first-order valence-corrected chi connectivity index (χ1v) is 5.59. The van der Waals surface area contributed by atoms with Gasteiger partial charge in [-0.25, -0.2) is 0 Å². The lowest BCUT2D eigenvalue weighted by molar-refractivity contribution is 0.0892. The van der Waals surface area contributed by atoms with Gasteiger partial charge in [0.1, 0.15) is 5.69 Å². The highest BCUT2D eigenvalue weighted by molar-refractivity contribution is 5.92. The van der Waals surface area contributed by atoms with Crippen LogP contribution in [0.5, 0.6) is 0 Å². The van der Waals surface area contributed by atoms with Crippen molar-refractivity contribution in [3.05, 3.63) is 30.1 Å². The van der Waals surface area contributed by atoms with E-state index in [0.717, 1.165) is 12.8 Å². The number of nitrogens with zero attached hydrogens (tertiary/aromatic N) is 1. The summed E-state index contributed by atoms with van der Waals surface area (Å²) < 4.78 is 0. The Bertz CT molecular complexity index is 375. The predicted molar refractivity (Wildman–Crippen MR) is 61.9 cm³/mol. The van der Waals surface area contributed by atoms with Gasteiger partial charge in [-0.2, -0.15) is 0 Å². The molecule has 1 aliphatic rings. The zero-order valence-corrected chi connectivity index (χ0v) is 9.44. The lowest BCUT2D eigenvalue weighted by Crippen LogP contribution is -2.53. The average Bonchev–Trinajstić information content (AvgIpc) is 3.14. The van der Waals surface area contributed by atoms with Crippen LogP contribution in [-0.2, 0) is 0 Å². The Kier molecular flexibility index (Phi) is 2.92. The quantitative estimate of drug-likeness (QED) is 0.792. The van der Waals surface area contributed by atoms with Gasteiger partial charge >= 0.3 is 0 Å². The fraction of sp³-hybridized carbons (Fsp3) is 0.500. The molecule has 1 aromatic heterocycles. The Morgan fingerprint density at radius 1 is 1.62 bits per heavy atom. The topological polar surface area (TPSA) is 68.0 Å². The van der Waals surface area contributed by atoms with Crippen LogP contribution in [0, 0.1) is 5.92 Å². The summed E-state index contributed by atoms with van der Waals surface area (Å²) in [4.78, 5) is 15.9. The number of nitrogens with one attached hydrogen (secondary N) is 1. The molecule has 4 nitrogen and oxygen atoms in total. The van der Waals surface area contributed by atoms with Gasteiger partial charge in [-0.1, -0.05) is 6.07 Å². The number of rotatable bonds is 4. The highest BCUT2D eigenvalue weighted by atomic mass is 16.2. The Balaban J connectivity index is 2.06. The fourth-order valence-corrected chi connectivity index (χ4v) is 1.86. The third-order valence-electron chi connectivity index (χ3n) is 3.20. The maximum atomic E-state index is 11.9. The van der Waals surface area contributed by atoms with E-state index in [1.165, 1.54) is 0 Å². The summed E-state index contributed by atoms with van der Waals surface area (Å²) in [5.74, 6) is 0.380. The number of amides is 1. The van der Waals surface area contributed by atoms with Gasteiger partial charge in [0.2, 0.25) is 0 Å². The summed E-state index contributed by atoms with van der Waals surface area (Å²) in [6, 6.07) is 5.30. The van der Waals surface area contributed by atoms with Gasteiger partial charge in [0.25, 0.3) is 5.91 Å². The molecule has 0 bridgehead atoms. The fourth-order valence-electron chi connectivity index (χ4n) is 1.86. The number of pyridine rings is 1. The smallest absolute Gasteiger partial charge is 0.270 e. The molecule has 0 radical (unpaired) electrons. The molecule has 1 amide bonds. The van der Waals surface area contributed by atoms with E-state index in [0.29, 0.717) is 18.2 Å². The van der Waals surface area contributed by atoms with Crippen LogP contribution >= 0.6 is 0 Å². The molecule has 1 saturated carbocycles. The minimum Gasteiger partial charge on any atom is -0.344 e. The third-order valence-corrected chi connectivity index (χ3v) is 3.20. The van der Waals surface area contributed by atoms with E-state index in [2.05, 4.69) is 10.3 Å². The molecule has 1 aromatic rings. The molecule has 1 unspecified atom stereocenters. The molecule has 0 aliphatic heterocycles. The molecule has 0 saturated heterocycles. The minimum absolute atomic E-state index is 0.138. The third kappa shape index (κ3) is 2.22. The predicted octanol–water partition coefficient (Wildman–Crippen LogP) is 0.939. The van der Waals surface area contributed by atoms with Crippen LogP contribution < -0.4 is 11.1 Å². The van der Waals surface area contributed by atoms with E-state index in [1.54, 1.807) is 24.4 Å². The first-order valence-electron chi connectivity index (χ1n) is 5.59. The summed E-state index contributed by atoms with van der Waals surface area (Å²) in [6.45, 7) is 2.47. The van der Waals surface area contributed by atoms with Crippen molar-refractivity contribution in [1.82, 2.24) is 10.3 Å². The molecule has 16 heavy (non-hydrogen) atoms. The molecule has 1 heterocycles. The van der Waals surface area contributed by atoms with Gasteiger partial charge in [0.15, 0.2) is 0 Å². The van der Waals surface area contributed by atoms with Crippen LogP contribution in [0.3, 0.4) is 0 Å². The number of aromatic nitrogens is 1. The van der Waals surface area contributed by atoms with Gasteiger partial charge in [-0.15, -0.1) is 0 Å². The van der Waals surface area contributed by atoms with Gasteiger partial charge in [0.05, 0.1) is 5.54 Å². The lowest BCUT2D eigenvalue weighted by atomic mass is 9.96. The monoisotopic (exact) mass is 219 g/mol. The van der Waals surface area contributed by atoms with Crippen LogP contribution in [0.4, 0.5) is 0 Å². The number of carbonyl (C=O) groups excluding carboxylic acids is 1. The molecular formula is C12H17N3O. The summed E-state index contributed by atoms with van der Waals surface area (Å²) in [6.07, 6.45) is 3.91. The van der Waals surface area contributed by atoms with Crippen molar-refractivity contribution in [3.8, 4) is 0 Å². The molecule has 86 valence electrons. The normalized spacial score (nSPS) is 18.9. The molecule has 0 aromatic carbocycles. The summed E-state index contributed by atoms with van der Waals surface area (Å²) >= 11 is 0. The Morgan fingerprint density at radius 3 is 2.88 bits per heavy atom. The van der Waals surface area contributed by atoms with Crippen LogP contribution in [0.1, 0.15) is 30.3 Å². The molecular weight excluding hydrogens is 202 g/mol. The Morgan fingerprint density at radius 2 is 2.38 bits per heavy atom. The van der Waals surface area contributed by atoms with Gasteiger partial charge in [-0.3, -0.25) is 9.78 Å². The van der Waals surface area contributed by atoms with Crippen molar-refractivity contribution in [1.29, 1.82) is 0 Å². The maximum Gasteiger partial charge on any atom is 0.270 e. The van der Waals surface area contributed by atoms with Gasteiger partial charge < -0.3 is 11.1 Å². The first-order chi connectivity index (χ1) is 7.65. The van der Waals surface area contributed by atoms with E-state index in [4.69, 9.17) is 5.73 Å². The van der Waals surface area contributed by atoms with Crippen molar-refractivity contribution in [2.75, 3.05) is 6.54 Å². The van der Waals surface area contributed by atoms with Crippen LogP contribution in [-0.4, -0.2) is 23.0 Å². The first kappa shape index (κ1) is 11.1. The van der Waals surface area contributed by atoms with E-state index < -0.39 is 0 Å². The maximum absolute atomic E-state index is 11.9. The Labute approximate surface area is 95.3 Å². The molecule has 4 heteroatoms. The summed E-state index contributed by atoms with van der Waals surface area (Å²) in [7, 11) is 0. The molecule has 1 atom stereocenters. The lowest BCUT2D eigenvalue weighted by Gasteiger charge is -2.29. The van der Waals surface area contributed by atoms with E-state index in [9.17, 15) is 4.79 Å². The second-order valence-corrected chi connectivity index (χ2v) is 4.56. The van der Waals surface area contributed by atoms with Crippen molar-refractivity contribution in [2.45, 2.75) is 25.3 Å². The van der Waals surface area contributed by atoms with E-state index in [-0.39, 0.29) is 11.4 Å². The van der Waals surface area contributed by atoms with Crippen molar-refractivity contribution < 1.29 is 4.79 Å². The highest BCUT2D eigenvalue weighted by Gasteiger charge is 2.41. The van der Waals surface area contributed by atoms with Gasteiger partial charge in [-0.05, 0) is 37.8 Å². The molecule has 3 N–H and O–H groups in total.